The van der Waals surface area contributed by atoms with Crippen molar-refractivity contribution in [2.24, 2.45) is 0 Å². The van der Waals surface area contributed by atoms with Gasteiger partial charge < -0.3 is 19.7 Å². The molecule has 0 radical (unpaired) electrons. The van der Waals surface area contributed by atoms with E-state index in [0.717, 1.165) is 17.7 Å². The van der Waals surface area contributed by atoms with Crippen molar-refractivity contribution >= 4 is 11.7 Å². The van der Waals surface area contributed by atoms with Crippen molar-refractivity contribution in [3.63, 3.8) is 0 Å². The van der Waals surface area contributed by atoms with Crippen molar-refractivity contribution in [3.05, 3.63) is 48.3 Å². The molecular formula is C18H26N4O3. The molecule has 1 heterocycles. The molecule has 0 unspecified atom stereocenters. The van der Waals surface area contributed by atoms with E-state index in [1.807, 2.05) is 41.2 Å². The molecule has 0 bridgehead atoms. The lowest BCUT2D eigenvalue weighted by Gasteiger charge is -2.22. The largest absolute Gasteiger partial charge is 0.385 e. The zero-order chi connectivity index (χ0) is 17.9. The van der Waals surface area contributed by atoms with Gasteiger partial charge in [-0.15, -0.1) is 0 Å². The van der Waals surface area contributed by atoms with Crippen LogP contribution in [0.3, 0.4) is 0 Å². The van der Waals surface area contributed by atoms with Gasteiger partial charge in [0.1, 0.15) is 0 Å². The highest BCUT2D eigenvalue weighted by atomic mass is 16.5. The minimum absolute atomic E-state index is 0.132. The summed E-state index contributed by atoms with van der Waals surface area (Å²) in [5, 5.41) is 7.12. The monoisotopic (exact) mass is 346 g/mol. The summed E-state index contributed by atoms with van der Waals surface area (Å²) in [4.78, 5) is 14.2. The second-order valence-electron chi connectivity index (χ2n) is 5.66. The van der Waals surface area contributed by atoms with E-state index < -0.39 is 0 Å². The van der Waals surface area contributed by atoms with Gasteiger partial charge in [-0.05, 0) is 30.2 Å². The van der Waals surface area contributed by atoms with E-state index in [9.17, 15) is 4.79 Å². The molecule has 1 aromatic carbocycles. The number of ether oxygens (including phenoxy) is 2. The summed E-state index contributed by atoms with van der Waals surface area (Å²) >= 11 is 0. The zero-order valence-corrected chi connectivity index (χ0v) is 14.9. The van der Waals surface area contributed by atoms with Crippen molar-refractivity contribution in [2.45, 2.75) is 13.0 Å². The van der Waals surface area contributed by atoms with Gasteiger partial charge in [0, 0.05) is 52.0 Å². The van der Waals surface area contributed by atoms with Crippen molar-refractivity contribution in [1.82, 2.24) is 14.7 Å². The van der Waals surface area contributed by atoms with E-state index in [4.69, 9.17) is 9.47 Å². The Kier molecular flexibility index (Phi) is 7.94. The highest BCUT2D eigenvalue weighted by Crippen LogP contribution is 2.11. The van der Waals surface area contributed by atoms with Crippen LogP contribution in [-0.4, -0.2) is 61.2 Å². The smallest absolute Gasteiger partial charge is 0.321 e. The molecule has 1 N–H and O–H groups in total. The first-order valence-electron chi connectivity index (χ1n) is 8.33. The highest BCUT2D eigenvalue weighted by molar-refractivity contribution is 5.89. The first-order chi connectivity index (χ1) is 12.2. The zero-order valence-electron chi connectivity index (χ0n) is 14.9. The van der Waals surface area contributed by atoms with Gasteiger partial charge >= 0.3 is 6.03 Å². The van der Waals surface area contributed by atoms with Crippen LogP contribution in [0.5, 0.6) is 0 Å². The molecule has 7 heteroatoms. The maximum absolute atomic E-state index is 12.5. The molecular weight excluding hydrogens is 320 g/mol. The summed E-state index contributed by atoms with van der Waals surface area (Å²) in [7, 11) is 3.29. The molecule has 2 rings (SSSR count). The standard InChI is InChI=1S/C18H26N4O3/c1-24-13-4-10-21(12-14-25-2)18(23)20-17-7-5-16(6-8-17)15-22-11-3-9-19-22/h3,5-9,11H,4,10,12-15H2,1-2H3,(H,20,23). The topological polar surface area (TPSA) is 68.6 Å². The average molecular weight is 346 g/mol. The summed E-state index contributed by atoms with van der Waals surface area (Å²) in [6.07, 6.45) is 4.46. The number of amides is 2. The fourth-order valence-corrected chi connectivity index (χ4v) is 2.39. The SMILES string of the molecule is COCCCN(CCOC)C(=O)Nc1ccc(Cn2cccn2)cc1. The molecule has 0 aliphatic heterocycles. The van der Waals surface area contributed by atoms with E-state index in [0.29, 0.717) is 32.8 Å². The third kappa shape index (κ3) is 6.56. The van der Waals surface area contributed by atoms with Gasteiger partial charge in [-0.2, -0.15) is 5.10 Å². The van der Waals surface area contributed by atoms with Crippen LogP contribution in [0, 0.1) is 0 Å². The fraction of sp³-hybridized carbons (Fsp3) is 0.444. The van der Waals surface area contributed by atoms with E-state index in [1.54, 1.807) is 25.3 Å². The van der Waals surface area contributed by atoms with Crippen LogP contribution in [0.25, 0.3) is 0 Å². The lowest BCUT2D eigenvalue weighted by Crippen LogP contribution is -2.38. The quantitative estimate of drug-likeness (QED) is 0.671. The van der Waals surface area contributed by atoms with Crippen molar-refractivity contribution < 1.29 is 14.3 Å². The first-order valence-corrected chi connectivity index (χ1v) is 8.33. The Labute approximate surface area is 148 Å². The van der Waals surface area contributed by atoms with Crippen LogP contribution >= 0.6 is 0 Å². The second kappa shape index (κ2) is 10.5. The third-order valence-corrected chi connectivity index (χ3v) is 3.74. The summed E-state index contributed by atoms with van der Waals surface area (Å²) in [6.45, 7) is 3.00. The number of hydrogen-bond acceptors (Lipinski definition) is 4. The number of methoxy groups -OCH3 is 2. The summed E-state index contributed by atoms with van der Waals surface area (Å²) in [5.41, 5.74) is 1.89. The average Bonchev–Trinajstić information content (AvgIpc) is 3.12. The first kappa shape index (κ1) is 19.0. The van der Waals surface area contributed by atoms with Gasteiger partial charge in [-0.1, -0.05) is 12.1 Å². The van der Waals surface area contributed by atoms with Crippen LogP contribution in [0.4, 0.5) is 10.5 Å². The normalized spacial score (nSPS) is 10.6. The Hall–Kier alpha value is -2.38. The number of benzene rings is 1. The molecule has 0 saturated carbocycles. The van der Waals surface area contributed by atoms with E-state index >= 15 is 0 Å². The van der Waals surface area contributed by atoms with Crippen molar-refractivity contribution in [2.75, 3.05) is 45.8 Å². The highest BCUT2D eigenvalue weighted by Gasteiger charge is 2.13. The van der Waals surface area contributed by atoms with Crippen molar-refractivity contribution in [3.8, 4) is 0 Å². The van der Waals surface area contributed by atoms with E-state index in [-0.39, 0.29) is 6.03 Å². The van der Waals surface area contributed by atoms with Crippen LogP contribution in [0.15, 0.2) is 42.7 Å². The van der Waals surface area contributed by atoms with Crippen LogP contribution in [0.2, 0.25) is 0 Å². The maximum Gasteiger partial charge on any atom is 0.321 e. The minimum Gasteiger partial charge on any atom is -0.385 e. The Bertz CT molecular complexity index is 614. The van der Waals surface area contributed by atoms with Gasteiger partial charge in [0.05, 0.1) is 13.2 Å². The lowest BCUT2D eigenvalue weighted by molar-refractivity contribution is 0.143. The molecule has 0 fully saturated rings. The molecule has 2 amide bonds. The number of anilines is 1. The number of nitrogens with zero attached hydrogens (tertiary/aromatic N) is 3. The summed E-state index contributed by atoms with van der Waals surface area (Å²) in [5.74, 6) is 0. The molecule has 1 aromatic heterocycles. The Balaban J connectivity index is 1.89. The Morgan fingerprint density at radius 3 is 2.56 bits per heavy atom. The second-order valence-corrected chi connectivity index (χ2v) is 5.66. The predicted octanol–water partition coefficient (Wildman–Crippen LogP) is 2.45. The molecule has 7 nitrogen and oxygen atoms in total. The van der Waals surface area contributed by atoms with Gasteiger partial charge in [0.15, 0.2) is 0 Å². The van der Waals surface area contributed by atoms with Gasteiger partial charge in [0.2, 0.25) is 0 Å². The van der Waals surface area contributed by atoms with Crippen LogP contribution in [-0.2, 0) is 16.0 Å². The molecule has 2 aromatic rings. The lowest BCUT2D eigenvalue weighted by atomic mass is 10.2. The molecule has 136 valence electrons. The number of urea groups is 1. The van der Waals surface area contributed by atoms with Crippen LogP contribution in [0.1, 0.15) is 12.0 Å². The molecule has 25 heavy (non-hydrogen) atoms. The van der Waals surface area contributed by atoms with Gasteiger partial charge in [-0.25, -0.2) is 4.79 Å². The number of nitrogens with one attached hydrogen (secondary N) is 1. The van der Waals surface area contributed by atoms with Crippen molar-refractivity contribution in [1.29, 1.82) is 0 Å². The fourth-order valence-electron chi connectivity index (χ4n) is 2.39. The van der Waals surface area contributed by atoms with Gasteiger partial charge in [-0.3, -0.25) is 4.68 Å². The number of carbonyl (C=O) groups excluding carboxylic acids is 1. The molecule has 0 aliphatic rings. The number of hydrogen-bond donors (Lipinski definition) is 1. The van der Waals surface area contributed by atoms with E-state index in [2.05, 4.69) is 10.4 Å². The third-order valence-electron chi connectivity index (χ3n) is 3.74. The number of rotatable bonds is 10. The predicted molar refractivity (Wildman–Crippen MR) is 96.7 cm³/mol. The number of aromatic nitrogens is 2. The minimum atomic E-state index is -0.132. The Morgan fingerprint density at radius 1 is 1.16 bits per heavy atom. The Morgan fingerprint density at radius 2 is 1.92 bits per heavy atom. The molecule has 0 atom stereocenters. The number of carbonyl (C=O) groups is 1. The van der Waals surface area contributed by atoms with Crippen LogP contribution < -0.4 is 5.32 Å². The maximum atomic E-state index is 12.5. The van der Waals surface area contributed by atoms with Gasteiger partial charge in [0.25, 0.3) is 0 Å². The van der Waals surface area contributed by atoms with E-state index in [1.165, 1.54) is 0 Å². The summed E-state index contributed by atoms with van der Waals surface area (Å²) < 4.78 is 12.0. The molecule has 0 spiro atoms. The summed E-state index contributed by atoms with van der Waals surface area (Å²) in [6, 6.07) is 9.55. The molecule has 0 saturated heterocycles. The molecule has 0 aliphatic carbocycles.